The Kier molecular flexibility index (Phi) is 2.42. The van der Waals surface area contributed by atoms with E-state index in [-0.39, 0.29) is 6.10 Å². The fourth-order valence-corrected chi connectivity index (χ4v) is 1.52. The first-order valence-corrected chi connectivity index (χ1v) is 4.29. The molecule has 1 rings (SSSR count). The van der Waals surface area contributed by atoms with E-state index in [9.17, 15) is 4.79 Å². The van der Waals surface area contributed by atoms with E-state index in [1.54, 1.807) is 0 Å². The van der Waals surface area contributed by atoms with Crippen LogP contribution in [-0.4, -0.2) is 23.3 Å². The highest BCUT2D eigenvalue weighted by molar-refractivity contribution is 5.74. The Morgan fingerprint density at radius 3 is 2.42 bits per heavy atom. The molecule has 1 saturated carbocycles. The summed E-state index contributed by atoms with van der Waals surface area (Å²) in [5, 5.41) is 8.84. The smallest absolute Gasteiger partial charge is 0.334 e. The van der Waals surface area contributed by atoms with Gasteiger partial charge < -0.3 is 9.84 Å². The highest BCUT2D eigenvalue weighted by Crippen LogP contribution is 2.41. The van der Waals surface area contributed by atoms with Crippen LogP contribution in [0.15, 0.2) is 0 Å². The first-order valence-electron chi connectivity index (χ1n) is 4.29. The second-order valence-electron chi connectivity index (χ2n) is 4.31. The van der Waals surface area contributed by atoms with Gasteiger partial charge in [0.1, 0.15) is 12.2 Å². The van der Waals surface area contributed by atoms with Crippen LogP contribution in [0.2, 0.25) is 0 Å². The number of aliphatic hydroxyl groups is 1. The van der Waals surface area contributed by atoms with Crippen molar-refractivity contribution in [3.63, 3.8) is 0 Å². The van der Waals surface area contributed by atoms with Crippen LogP contribution in [-0.2, 0) is 9.53 Å². The molecular formula is C9H16O3. The van der Waals surface area contributed by atoms with Gasteiger partial charge in [-0.3, -0.25) is 0 Å². The lowest BCUT2D eigenvalue weighted by molar-refractivity contribution is -0.168. The van der Waals surface area contributed by atoms with E-state index >= 15 is 0 Å². The molecule has 1 aliphatic carbocycles. The molecule has 0 saturated heterocycles. The van der Waals surface area contributed by atoms with E-state index in [1.165, 1.54) is 6.92 Å². The van der Waals surface area contributed by atoms with Crippen LogP contribution in [0.3, 0.4) is 0 Å². The molecule has 1 fully saturated rings. The summed E-state index contributed by atoms with van der Waals surface area (Å²) < 4.78 is 4.99. The molecule has 1 atom stereocenters. The molecule has 0 aromatic rings. The summed E-state index contributed by atoms with van der Waals surface area (Å²) in [5.74, 6) is -0.504. The number of ether oxygens (including phenoxy) is 1. The third kappa shape index (κ3) is 2.21. The SMILES string of the molecule is C[C@@H](O)C(=O)OC1CC(C)(C)C1. The molecule has 0 heterocycles. The van der Waals surface area contributed by atoms with Gasteiger partial charge >= 0.3 is 5.97 Å². The molecular weight excluding hydrogens is 156 g/mol. The van der Waals surface area contributed by atoms with Crippen LogP contribution in [0, 0.1) is 5.41 Å². The van der Waals surface area contributed by atoms with Gasteiger partial charge in [0.15, 0.2) is 0 Å². The van der Waals surface area contributed by atoms with Crippen molar-refractivity contribution in [1.29, 1.82) is 0 Å². The first-order chi connectivity index (χ1) is 5.41. The fraction of sp³-hybridized carbons (Fsp3) is 0.889. The summed E-state index contributed by atoms with van der Waals surface area (Å²) in [7, 11) is 0. The Balaban J connectivity index is 2.23. The van der Waals surface area contributed by atoms with Crippen LogP contribution in [0.1, 0.15) is 33.6 Å². The average molecular weight is 172 g/mol. The molecule has 70 valence electrons. The Labute approximate surface area is 72.7 Å². The van der Waals surface area contributed by atoms with Crippen LogP contribution >= 0.6 is 0 Å². The molecule has 3 heteroatoms. The van der Waals surface area contributed by atoms with Gasteiger partial charge in [-0.05, 0) is 25.2 Å². The van der Waals surface area contributed by atoms with E-state index in [0.29, 0.717) is 5.41 Å². The molecule has 0 aromatic carbocycles. The van der Waals surface area contributed by atoms with Crippen LogP contribution < -0.4 is 0 Å². The number of carbonyl (C=O) groups is 1. The molecule has 3 nitrogen and oxygen atoms in total. The second-order valence-corrected chi connectivity index (χ2v) is 4.31. The summed E-state index contributed by atoms with van der Waals surface area (Å²) >= 11 is 0. The minimum Gasteiger partial charge on any atom is -0.460 e. The molecule has 0 aliphatic heterocycles. The second kappa shape index (κ2) is 3.05. The van der Waals surface area contributed by atoms with E-state index in [2.05, 4.69) is 13.8 Å². The number of hydrogen-bond acceptors (Lipinski definition) is 3. The van der Waals surface area contributed by atoms with E-state index in [1.807, 2.05) is 0 Å². The van der Waals surface area contributed by atoms with Gasteiger partial charge in [0, 0.05) is 0 Å². The minimum absolute atomic E-state index is 0.0297. The Morgan fingerprint density at radius 1 is 1.58 bits per heavy atom. The van der Waals surface area contributed by atoms with Crippen LogP contribution in [0.5, 0.6) is 0 Å². The molecule has 0 bridgehead atoms. The third-order valence-corrected chi connectivity index (χ3v) is 2.18. The van der Waals surface area contributed by atoms with E-state index in [0.717, 1.165) is 12.8 Å². The number of hydrogen-bond donors (Lipinski definition) is 1. The maximum absolute atomic E-state index is 10.9. The lowest BCUT2D eigenvalue weighted by Gasteiger charge is -2.41. The topological polar surface area (TPSA) is 46.5 Å². The van der Waals surface area contributed by atoms with Crippen molar-refractivity contribution in [3.8, 4) is 0 Å². The molecule has 12 heavy (non-hydrogen) atoms. The number of esters is 1. The van der Waals surface area contributed by atoms with Gasteiger partial charge in [0.05, 0.1) is 0 Å². The molecule has 0 unspecified atom stereocenters. The minimum atomic E-state index is -0.992. The molecule has 0 radical (unpaired) electrons. The first kappa shape index (κ1) is 9.52. The van der Waals surface area contributed by atoms with Crippen molar-refractivity contribution < 1.29 is 14.6 Å². The Bertz CT molecular complexity index is 176. The summed E-state index contributed by atoms with van der Waals surface area (Å²) in [4.78, 5) is 10.9. The molecule has 0 aromatic heterocycles. The van der Waals surface area contributed by atoms with Gasteiger partial charge in [-0.25, -0.2) is 4.79 Å². The quantitative estimate of drug-likeness (QED) is 0.634. The largest absolute Gasteiger partial charge is 0.460 e. The third-order valence-electron chi connectivity index (χ3n) is 2.18. The predicted octanol–water partition coefficient (Wildman–Crippen LogP) is 1.10. The zero-order chi connectivity index (χ0) is 9.35. The number of aliphatic hydroxyl groups excluding tert-OH is 1. The normalized spacial score (nSPS) is 24.3. The summed E-state index contributed by atoms with van der Waals surface area (Å²) in [6, 6.07) is 0. The van der Waals surface area contributed by atoms with Crippen molar-refractivity contribution in [2.24, 2.45) is 5.41 Å². The summed E-state index contributed by atoms with van der Waals surface area (Å²) in [6.45, 7) is 5.70. The Morgan fingerprint density at radius 2 is 2.08 bits per heavy atom. The summed E-state index contributed by atoms with van der Waals surface area (Å²) in [5.41, 5.74) is 0.309. The number of carbonyl (C=O) groups excluding carboxylic acids is 1. The lowest BCUT2D eigenvalue weighted by atomic mass is 9.70. The molecule has 0 amide bonds. The van der Waals surface area contributed by atoms with Crippen molar-refractivity contribution in [1.82, 2.24) is 0 Å². The van der Waals surface area contributed by atoms with Crippen LogP contribution in [0.4, 0.5) is 0 Å². The lowest BCUT2D eigenvalue weighted by Crippen LogP contribution is -2.40. The monoisotopic (exact) mass is 172 g/mol. The maximum Gasteiger partial charge on any atom is 0.334 e. The van der Waals surface area contributed by atoms with Crippen LogP contribution in [0.25, 0.3) is 0 Å². The van der Waals surface area contributed by atoms with Gasteiger partial charge in [-0.15, -0.1) is 0 Å². The fourth-order valence-electron chi connectivity index (χ4n) is 1.52. The predicted molar refractivity (Wildman–Crippen MR) is 44.6 cm³/mol. The standard InChI is InChI=1S/C9H16O3/c1-6(10)8(11)12-7-4-9(2,3)5-7/h6-7,10H,4-5H2,1-3H3/t6-/m1/s1. The van der Waals surface area contributed by atoms with Crippen molar-refractivity contribution >= 4 is 5.97 Å². The highest BCUT2D eigenvalue weighted by atomic mass is 16.6. The van der Waals surface area contributed by atoms with Crippen molar-refractivity contribution in [2.45, 2.75) is 45.8 Å². The van der Waals surface area contributed by atoms with Gasteiger partial charge in [0.2, 0.25) is 0 Å². The van der Waals surface area contributed by atoms with Gasteiger partial charge in [-0.1, -0.05) is 13.8 Å². The Hall–Kier alpha value is -0.570. The zero-order valence-corrected chi connectivity index (χ0v) is 7.83. The molecule has 1 N–H and O–H groups in total. The maximum atomic E-state index is 10.9. The van der Waals surface area contributed by atoms with Gasteiger partial charge in [-0.2, -0.15) is 0 Å². The summed E-state index contributed by atoms with van der Waals surface area (Å²) in [6.07, 6.45) is 0.854. The molecule has 1 aliphatic rings. The average Bonchev–Trinajstić information content (AvgIpc) is 1.83. The zero-order valence-electron chi connectivity index (χ0n) is 7.83. The highest BCUT2D eigenvalue weighted by Gasteiger charge is 2.38. The van der Waals surface area contributed by atoms with E-state index < -0.39 is 12.1 Å². The number of rotatable bonds is 2. The van der Waals surface area contributed by atoms with E-state index in [4.69, 9.17) is 9.84 Å². The van der Waals surface area contributed by atoms with Crippen molar-refractivity contribution in [2.75, 3.05) is 0 Å². The van der Waals surface area contributed by atoms with Crippen molar-refractivity contribution in [3.05, 3.63) is 0 Å². The molecule has 0 spiro atoms. The van der Waals surface area contributed by atoms with Gasteiger partial charge in [0.25, 0.3) is 0 Å².